The second-order valence-electron chi connectivity index (χ2n) is 7.11. The predicted molar refractivity (Wildman–Crippen MR) is 119 cm³/mol. The minimum Gasteiger partial charge on any atom is -0.306 e. The van der Waals surface area contributed by atoms with Crippen LogP contribution in [0.5, 0.6) is 0 Å². The Balaban J connectivity index is 1.46. The van der Waals surface area contributed by atoms with Crippen molar-refractivity contribution in [3.63, 3.8) is 0 Å². The summed E-state index contributed by atoms with van der Waals surface area (Å²) in [6, 6.07) is 16.0. The van der Waals surface area contributed by atoms with Gasteiger partial charge in [0.15, 0.2) is 4.96 Å². The molecule has 1 amide bonds. The van der Waals surface area contributed by atoms with Crippen LogP contribution in [0.4, 0.5) is 10.2 Å². The fourth-order valence-corrected chi connectivity index (χ4v) is 4.19. The topological polar surface area (TPSA) is 64.2 Å². The van der Waals surface area contributed by atoms with Gasteiger partial charge in [-0.3, -0.25) is 13.9 Å². The highest BCUT2D eigenvalue weighted by molar-refractivity contribution is 7.15. The first kappa shape index (κ1) is 19.2. The van der Waals surface area contributed by atoms with Crippen LogP contribution in [0.25, 0.3) is 16.2 Å². The zero-order chi connectivity index (χ0) is 21.4. The Morgan fingerprint density at radius 2 is 1.90 bits per heavy atom. The summed E-state index contributed by atoms with van der Waals surface area (Å²) in [7, 11) is 0. The lowest BCUT2D eigenvalue weighted by atomic mass is 10.1. The molecule has 0 spiro atoms. The van der Waals surface area contributed by atoms with Gasteiger partial charge in [-0.25, -0.2) is 9.37 Å². The Kier molecular flexibility index (Phi) is 4.83. The summed E-state index contributed by atoms with van der Waals surface area (Å²) >= 11 is 1.46. The van der Waals surface area contributed by atoms with Crippen molar-refractivity contribution < 1.29 is 9.18 Å². The molecule has 2 aromatic carbocycles. The van der Waals surface area contributed by atoms with Crippen LogP contribution in [0.2, 0.25) is 0 Å². The van der Waals surface area contributed by atoms with E-state index >= 15 is 0 Å². The van der Waals surface area contributed by atoms with E-state index in [2.05, 4.69) is 15.4 Å². The lowest BCUT2D eigenvalue weighted by Gasteiger charge is -2.08. The lowest BCUT2D eigenvalue weighted by molar-refractivity contribution is 0.102. The number of halogens is 1. The number of aromatic nitrogens is 4. The number of nitrogens with one attached hydrogen (secondary N) is 1. The van der Waals surface area contributed by atoms with Gasteiger partial charge in [0.05, 0.1) is 18.3 Å². The smallest absolute Gasteiger partial charge is 0.260 e. The van der Waals surface area contributed by atoms with Crippen molar-refractivity contribution in [1.82, 2.24) is 19.2 Å². The van der Waals surface area contributed by atoms with Gasteiger partial charge in [0.25, 0.3) is 5.91 Å². The summed E-state index contributed by atoms with van der Waals surface area (Å²) in [5.74, 6) is -0.0481. The number of hydrogen-bond donors (Lipinski definition) is 1. The second-order valence-corrected chi connectivity index (χ2v) is 7.99. The molecule has 0 saturated heterocycles. The number of amides is 1. The summed E-state index contributed by atoms with van der Waals surface area (Å²) in [4.78, 5) is 18.5. The molecule has 0 aliphatic rings. The molecule has 0 aliphatic heterocycles. The highest BCUT2D eigenvalue weighted by atomic mass is 32.1. The van der Waals surface area contributed by atoms with Crippen molar-refractivity contribution in [2.75, 3.05) is 5.32 Å². The molecule has 0 saturated carbocycles. The number of hydrogen-bond acceptors (Lipinski definition) is 4. The number of carbonyl (C=O) groups is 1. The summed E-state index contributed by atoms with van der Waals surface area (Å²) in [5, 5.41) is 9.28. The van der Waals surface area contributed by atoms with E-state index in [4.69, 9.17) is 0 Å². The number of carbonyl (C=O) groups excluding carboxylic acids is 1. The molecule has 6 nitrogen and oxygen atoms in total. The lowest BCUT2D eigenvalue weighted by Crippen LogP contribution is -2.15. The van der Waals surface area contributed by atoms with Crippen LogP contribution in [0.1, 0.15) is 21.6 Å². The fraction of sp³-hybridized carbons (Fsp3) is 0.0870. The number of thiazole rings is 1. The maximum absolute atomic E-state index is 13.4. The van der Waals surface area contributed by atoms with E-state index in [0.717, 1.165) is 21.8 Å². The van der Waals surface area contributed by atoms with Crippen molar-refractivity contribution in [3.05, 3.63) is 95.0 Å². The molecule has 8 heteroatoms. The van der Waals surface area contributed by atoms with E-state index in [9.17, 15) is 9.18 Å². The number of imidazole rings is 1. The van der Waals surface area contributed by atoms with Crippen LogP contribution >= 0.6 is 11.3 Å². The molecule has 0 bridgehead atoms. The van der Waals surface area contributed by atoms with E-state index in [1.54, 1.807) is 18.3 Å². The SMILES string of the molecule is Cc1c(C(=O)Nc2c(-c3ccc(F)cc3)nc3sccn23)cnn1Cc1ccccc1. The third kappa shape index (κ3) is 3.62. The van der Waals surface area contributed by atoms with Gasteiger partial charge in [0, 0.05) is 22.8 Å². The second kappa shape index (κ2) is 7.81. The molecule has 31 heavy (non-hydrogen) atoms. The highest BCUT2D eigenvalue weighted by Crippen LogP contribution is 2.31. The minimum atomic E-state index is -0.322. The zero-order valence-corrected chi connectivity index (χ0v) is 17.4. The van der Waals surface area contributed by atoms with Gasteiger partial charge < -0.3 is 5.32 Å². The van der Waals surface area contributed by atoms with Gasteiger partial charge >= 0.3 is 0 Å². The number of fused-ring (bicyclic) bond motifs is 1. The van der Waals surface area contributed by atoms with Gasteiger partial charge in [-0.2, -0.15) is 5.10 Å². The fourth-order valence-electron chi connectivity index (χ4n) is 3.47. The van der Waals surface area contributed by atoms with Gasteiger partial charge in [-0.1, -0.05) is 30.3 Å². The molecule has 3 heterocycles. The van der Waals surface area contributed by atoms with Crippen LogP contribution in [0.3, 0.4) is 0 Å². The van der Waals surface area contributed by atoms with E-state index in [0.29, 0.717) is 23.6 Å². The molecule has 0 atom stereocenters. The molecule has 0 radical (unpaired) electrons. The molecular weight excluding hydrogens is 413 g/mol. The van der Waals surface area contributed by atoms with Crippen LogP contribution in [-0.4, -0.2) is 25.1 Å². The Labute approximate surface area is 181 Å². The Morgan fingerprint density at radius 3 is 2.68 bits per heavy atom. The number of rotatable bonds is 5. The van der Waals surface area contributed by atoms with Gasteiger partial charge in [-0.15, -0.1) is 11.3 Å². The highest BCUT2D eigenvalue weighted by Gasteiger charge is 2.21. The van der Waals surface area contributed by atoms with Crippen LogP contribution < -0.4 is 5.32 Å². The summed E-state index contributed by atoms with van der Waals surface area (Å²) in [6.07, 6.45) is 3.43. The van der Waals surface area contributed by atoms with Crippen molar-refractivity contribution in [2.24, 2.45) is 0 Å². The third-order valence-electron chi connectivity index (χ3n) is 5.13. The maximum atomic E-state index is 13.4. The van der Waals surface area contributed by atoms with Gasteiger partial charge in [0.2, 0.25) is 0 Å². The summed E-state index contributed by atoms with van der Waals surface area (Å²) in [5.41, 5.74) is 3.69. The average Bonchev–Trinajstić information content (AvgIpc) is 3.46. The molecule has 154 valence electrons. The molecule has 0 unspecified atom stereocenters. The zero-order valence-electron chi connectivity index (χ0n) is 16.6. The Bertz CT molecular complexity index is 1370. The first-order valence-electron chi connectivity index (χ1n) is 9.69. The molecule has 0 aliphatic carbocycles. The van der Waals surface area contributed by atoms with Crippen LogP contribution in [0.15, 0.2) is 72.4 Å². The summed E-state index contributed by atoms with van der Waals surface area (Å²) in [6.45, 7) is 2.46. The van der Waals surface area contributed by atoms with Gasteiger partial charge in [-0.05, 0) is 36.8 Å². The molecular formula is C23H18FN5OS. The quantitative estimate of drug-likeness (QED) is 0.426. The molecule has 1 N–H and O–H groups in total. The van der Waals surface area contributed by atoms with E-state index in [1.165, 1.54) is 23.5 Å². The Morgan fingerprint density at radius 1 is 1.13 bits per heavy atom. The van der Waals surface area contributed by atoms with E-state index in [1.807, 2.05) is 57.9 Å². The number of anilines is 1. The standard InChI is InChI=1S/C23H18FN5OS/c1-15-19(13-25-29(15)14-16-5-3-2-4-6-16)22(30)27-21-20(17-7-9-18(24)10-8-17)26-23-28(21)11-12-31-23/h2-13H,14H2,1H3,(H,27,30). The van der Waals surface area contributed by atoms with Crippen molar-refractivity contribution >= 4 is 28.0 Å². The minimum absolute atomic E-state index is 0.270. The van der Waals surface area contributed by atoms with E-state index in [-0.39, 0.29) is 11.7 Å². The predicted octanol–water partition coefficient (Wildman–Crippen LogP) is 5.01. The normalized spacial score (nSPS) is 11.2. The molecule has 3 aromatic heterocycles. The summed E-state index contributed by atoms with van der Waals surface area (Å²) < 4.78 is 17.0. The van der Waals surface area contributed by atoms with Crippen LogP contribution in [-0.2, 0) is 6.54 Å². The third-order valence-corrected chi connectivity index (χ3v) is 5.89. The monoisotopic (exact) mass is 431 g/mol. The molecule has 0 fully saturated rings. The first-order chi connectivity index (χ1) is 15.1. The molecule has 5 aromatic rings. The average molecular weight is 431 g/mol. The van der Waals surface area contributed by atoms with Crippen molar-refractivity contribution in [1.29, 1.82) is 0 Å². The number of benzene rings is 2. The van der Waals surface area contributed by atoms with Crippen LogP contribution in [0, 0.1) is 12.7 Å². The van der Waals surface area contributed by atoms with E-state index < -0.39 is 0 Å². The number of nitrogens with zero attached hydrogens (tertiary/aromatic N) is 4. The maximum Gasteiger partial charge on any atom is 0.260 e. The van der Waals surface area contributed by atoms with Crippen molar-refractivity contribution in [3.8, 4) is 11.3 Å². The molecule has 5 rings (SSSR count). The van der Waals surface area contributed by atoms with Gasteiger partial charge in [0.1, 0.15) is 17.3 Å². The first-order valence-corrected chi connectivity index (χ1v) is 10.6. The Hall–Kier alpha value is -3.78. The van der Waals surface area contributed by atoms with Crippen molar-refractivity contribution in [2.45, 2.75) is 13.5 Å². The largest absolute Gasteiger partial charge is 0.306 e.